The standard InChI is InChI=1S/C25H28FN5O4/c1-14-24-21(30-25(27)28-14)8-16(9-22(24)31-35-13-15(11-32)12-33)18-7-6-17(26)10-19(18)20-4-3-5-23(29-20)34-2/h3-7,9-10,15-16,31-33H,8,11-13H2,1-2H3,(H2,27,28,30)/t16-/m0/s1. The van der Waals surface area contributed by atoms with Gasteiger partial charge in [0.2, 0.25) is 11.8 Å². The number of aromatic nitrogens is 3. The number of halogens is 1. The van der Waals surface area contributed by atoms with Gasteiger partial charge in [-0.3, -0.25) is 10.3 Å². The number of aliphatic hydroxyl groups is 2. The van der Waals surface area contributed by atoms with Gasteiger partial charge in [-0.25, -0.2) is 19.3 Å². The van der Waals surface area contributed by atoms with Crippen LogP contribution in [0.3, 0.4) is 0 Å². The molecule has 1 atom stereocenters. The third kappa shape index (κ3) is 5.40. The second kappa shape index (κ2) is 10.8. The number of rotatable bonds is 9. The van der Waals surface area contributed by atoms with Crippen molar-refractivity contribution in [3.8, 4) is 17.1 Å². The molecule has 0 saturated heterocycles. The van der Waals surface area contributed by atoms with Crippen LogP contribution >= 0.6 is 0 Å². The molecule has 0 bridgehead atoms. The van der Waals surface area contributed by atoms with E-state index in [1.165, 1.54) is 19.2 Å². The zero-order chi connectivity index (χ0) is 24.9. The number of anilines is 1. The molecule has 0 amide bonds. The van der Waals surface area contributed by atoms with Crippen molar-refractivity contribution >= 4 is 11.6 Å². The number of hydroxylamine groups is 1. The van der Waals surface area contributed by atoms with Gasteiger partial charge in [-0.05, 0) is 30.7 Å². The van der Waals surface area contributed by atoms with Gasteiger partial charge in [-0.1, -0.05) is 18.2 Å². The fourth-order valence-electron chi connectivity index (χ4n) is 4.14. The van der Waals surface area contributed by atoms with Gasteiger partial charge in [-0.15, -0.1) is 0 Å². The first kappa shape index (κ1) is 24.5. The second-order valence-corrected chi connectivity index (χ2v) is 8.32. The number of nitrogen functional groups attached to an aromatic ring is 1. The van der Waals surface area contributed by atoms with Gasteiger partial charge in [0, 0.05) is 35.4 Å². The lowest BCUT2D eigenvalue weighted by atomic mass is 9.83. The molecule has 0 radical (unpaired) electrons. The van der Waals surface area contributed by atoms with E-state index in [0.717, 1.165) is 16.8 Å². The molecule has 1 aliphatic rings. The molecule has 2 heterocycles. The molecule has 10 heteroatoms. The van der Waals surface area contributed by atoms with Gasteiger partial charge in [0.25, 0.3) is 0 Å². The highest BCUT2D eigenvalue weighted by Gasteiger charge is 2.27. The largest absolute Gasteiger partial charge is 0.481 e. The molecule has 1 aromatic carbocycles. The van der Waals surface area contributed by atoms with E-state index in [-0.39, 0.29) is 37.5 Å². The van der Waals surface area contributed by atoms with E-state index in [1.807, 2.05) is 13.0 Å². The number of hydrogen-bond acceptors (Lipinski definition) is 9. The van der Waals surface area contributed by atoms with Gasteiger partial charge in [0.1, 0.15) is 5.82 Å². The zero-order valence-electron chi connectivity index (χ0n) is 19.5. The average Bonchev–Trinajstić information content (AvgIpc) is 2.86. The molecule has 3 aromatic rings. The Labute approximate surface area is 202 Å². The molecular weight excluding hydrogens is 453 g/mol. The topological polar surface area (TPSA) is 136 Å². The first-order valence-corrected chi connectivity index (χ1v) is 11.2. The third-order valence-corrected chi connectivity index (χ3v) is 5.87. The number of aryl methyl sites for hydroxylation is 1. The van der Waals surface area contributed by atoms with Crippen LogP contribution in [0.1, 0.15) is 28.4 Å². The Kier molecular flexibility index (Phi) is 7.54. The van der Waals surface area contributed by atoms with Gasteiger partial charge < -0.3 is 20.7 Å². The summed E-state index contributed by atoms with van der Waals surface area (Å²) in [6.07, 6.45) is 2.48. The Balaban J connectivity index is 1.76. The van der Waals surface area contributed by atoms with Crippen molar-refractivity contribution < 1.29 is 24.2 Å². The summed E-state index contributed by atoms with van der Waals surface area (Å²) >= 11 is 0. The normalized spacial score (nSPS) is 15.0. The van der Waals surface area contributed by atoms with Gasteiger partial charge in [0.05, 0.1) is 49.7 Å². The van der Waals surface area contributed by atoms with E-state index in [4.69, 9.17) is 15.3 Å². The smallest absolute Gasteiger partial charge is 0.220 e. The molecule has 0 aliphatic heterocycles. The first-order valence-electron chi connectivity index (χ1n) is 11.2. The van der Waals surface area contributed by atoms with Crippen molar-refractivity contribution in [1.29, 1.82) is 0 Å². The predicted molar refractivity (Wildman–Crippen MR) is 129 cm³/mol. The summed E-state index contributed by atoms with van der Waals surface area (Å²) in [6, 6.07) is 9.94. The number of nitrogens with two attached hydrogens (primary N) is 1. The van der Waals surface area contributed by atoms with Crippen LogP contribution in [0, 0.1) is 18.7 Å². The number of nitrogens with one attached hydrogen (secondary N) is 1. The van der Waals surface area contributed by atoms with E-state index >= 15 is 0 Å². The Hall–Kier alpha value is -3.60. The number of pyridine rings is 1. The maximum atomic E-state index is 14.3. The molecule has 1 aliphatic carbocycles. The zero-order valence-corrected chi connectivity index (χ0v) is 19.5. The van der Waals surface area contributed by atoms with Crippen LogP contribution in [0.4, 0.5) is 10.3 Å². The highest BCUT2D eigenvalue weighted by atomic mass is 19.1. The SMILES string of the molecule is COc1cccc(-c2cc(F)ccc2[C@@H]2C=C(NOCC(CO)CO)c3c(C)nc(N)nc3C2)n1. The highest BCUT2D eigenvalue weighted by molar-refractivity contribution is 5.73. The third-order valence-electron chi connectivity index (χ3n) is 5.87. The summed E-state index contributed by atoms with van der Waals surface area (Å²) in [5, 5.41) is 18.6. The van der Waals surface area contributed by atoms with Gasteiger partial charge in [-0.2, -0.15) is 0 Å². The Morgan fingerprint density at radius 1 is 1.17 bits per heavy atom. The maximum absolute atomic E-state index is 14.3. The van der Waals surface area contributed by atoms with Crippen LogP contribution in [0.5, 0.6) is 5.88 Å². The molecule has 2 aromatic heterocycles. The molecule has 0 saturated carbocycles. The van der Waals surface area contributed by atoms with Crippen LogP contribution in [0.2, 0.25) is 0 Å². The van der Waals surface area contributed by atoms with Crippen LogP contribution in [-0.4, -0.2) is 52.1 Å². The van der Waals surface area contributed by atoms with Gasteiger partial charge >= 0.3 is 0 Å². The molecule has 5 N–H and O–H groups in total. The van der Waals surface area contributed by atoms with Crippen molar-refractivity contribution in [2.24, 2.45) is 5.92 Å². The minimum absolute atomic E-state index is 0.0920. The lowest BCUT2D eigenvalue weighted by Crippen LogP contribution is -2.26. The number of methoxy groups -OCH3 is 1. The molecular formula is C25H28FN5O4. The van der Waals surface area contributed by atoms with Crippen molar-refractivity contribution in [1.82, 2.24) is 20.4 Å². The molecule has 35 heavy (non-hydrogen) atoms. The average molecular weight is 482 g/mol. The van der Waals surface area contributed by atoms with Crippen LogP contribution in [0.15, 0.2) is 42.5 Å². The van der Waals surface area contributed by atoms with Crippen molar-refractivity contribution in [3.05, 3.63) is 70.8 Å². The molecule has 4 rings (SSSR count). The summed E-state index contributed by atoms with van der Waals surface area (Å²) in [7, 11) is 1.53. The highest BCUT2D eigenvalue weighted by Crippen LogP contribution is 2.38. The number of nitrogens with zero attached hydrogens (tertiary/aromatic N) is 3. The van der Waals surface area contributed by atoms with E-state index in [0.29, 0.717) is 34.9 Å². The quantitative estimate of drug-likeness (QED) is 0.340. The Morgan fingerprint density at radius 2 is 1.97 bits per heavy atom. The number of aliphatic hydroxyl groups excluding tert-OH is 2. The molecule has 184 valence electrons. The number of benzene rings is 1. The molecule has 0 spiro atoms. The number of ether oxygens (including phenoxy) is 1. The monoisotopic (exact) mass is 481 g/mol. The van der Waals surface area contributed by atoms with Crippen LogP contribution in [-0.2, 0) is 11.3 Å². The maximum Gasteiger partial charge on any atom is 0.220 e. The molecule has 0 unspecified atom stereocenters. The first-order chi connectivity index (χ1) is 16.9. The van der Waals surface area contributed by atoms with Crippen LogP contribution < -0.4 is 16.0 Å². The Morgan fingerprint density at radius 3 is 2.71 bits per heavy atom. The van der Waals surface area contributed by atoms with E-state index in [9.17, 15) is 14.6 Å². The van der Waals surface area contributed by atoms with Crippen molar-refractivity contribution in [2.45, 2.75) is 19.3 Å². The molecule has 0 fully saturated rings. The molecule has 9 nitrogen and oxygen atoms in total. The summed E-state index contributed by atoms with van der Waals surface area (Å²) in [4.78, 5) is 18.8. The Bertz CT molecular complexity index is 1230. The summed E-state index contributed by atoms with van der Waals surface area (Å²) in [6.45, 7) is 1.51. The lowest BCUT2D eigenvalue weighted by molar-refractivity contribution is 0.0123. The minimum Gasteiger partial charge on any atom is -0.481 e. The number of allylic oxidation sites excluding steroid dienone is 1. The lowest BCUT2D eigenvalue weighted by Gasteiger charge is -2.27. The minimum atomic E-state index is -0.423. The fraction of sp³-hybridized carbons (Fsp3) is 0.320. The van der Waals surface area contributed by atoms with E-state index in [2.05, 4.69) is 20.4 Å². The van der Waals surface area contributed by atoms with Crippen LogP contribution in [0.25, 0.3) is 17.0 Å². The number of hydrogen-bond donors (Lipinski definition) is 4. The van der Waals surface area contributed by atoms with E-state index < -0.39 is 5.92 Å². The second-order valence-electron chi connectivity index (χ2n) is 8.32. The van der Waals surface area contributed by atoms with Crippen molar-refractivity contribution in [2.75, 3.05) is 32.7 Å². The summed E-state index contributed by atoms with van der Waals surface area (Å²) in [5.74, 6) is -0.421. The fourth-order valence-corrected chi connectivity index (χ4v) is 4.14. The van der Waals surface area contributed by atoms with Crippen molar-refractivity contribution in [3.63, 3.8) is 0 Å². The summed E-state index contributed by atoms with van der Waals surface area (Å²) in [5.41, 5.74) is 13.7. The summed E-state index contributed by atoms with van der Waals surface area (Å²) < 4.78 is 19.6. The predicted octanol–water partition coefficient (Wildman–Crippen LogP) is 2.38. The van der Waals surface area contributed by atoms with E-state index in [1.54, 1.807) is 24.3 Å². The van der Waals surface area contributed by atoms with Gasteiger partial charge in [0.15, 0.2) is 0 Å². The number of fused-ring (bicyclic) bond motifs is 1.